The molecule has 0 atom stereocenters. The first-order valence-corrected chi connectivity index (χ1v) is 5.73. The number of anilines is 1. The number of alkyl halides is 3. The first-order chi connectivity index (χ1) is 8.97. The molecule has 2 rings (SSSR count). The molecule has 0 fully saturated rings. The first kappa shape index (κ1) is 13.6. The lowest BCUT2D eigenvalue weighted by atomic mass is 10.2. The second-order valence-corrected chi connectivity index (χ2v) is 4.13. The summed E-state index contributed by atoms with van der Waals surface area (Å²) >= 11 is 5.38. The van der Waals surface area contributed by atoms with E-state index in [2.05, 4.69) is 15.5 Å². The molecule has 0 radical (unpaired) electrons. The van der Waals surface area contributed by atoms with Gasteiger partial charge in [-0.3, -0.25) is 0 Å². The Kier molecular flexibility index (Phi) is 3.90. The Balaban J connectivity index is 2.14. The Morgan fingerprint density at radius 2 is 1.79 bits per heavy atom. The van der Waals surface area contributed by atoms with Crippen LogP contribution in [0, 0.1) is 0 Å². The highest BCUT2D eigenvalue weighted by atomic mass is 35.5. The number of hydrogen-bond acceptors (Lipinski definition) is 3. The lowest BCUT2D eigenvalue weighted by Crippen LogP contribution is -2.10. The zero-order valence-electron chi connectivity index (χ0n) is 9.58. The highest BCUT2D eigenvalue weighted by Gasteiger charge is 2.34. The fourth-order valence-corrected chi connectivity index (χ4v) is 1.65. The van der Waals surface area contributed by atoms with Crippen molar-refractivity contribution in [1.29, 1.82) is 0 Å². The summed E-state index contributed by atoms with van der Waals surface area (Å²) in [6.07, 6.45) is -4.55. The molecule has 1 aromatic carbocycles. The molecule has 1 heterocycles. The minimum Gasteiger partial charge on any atom is -0.364 e. The van der Waals surface area contributed by atoms with E-state index in [-0.39, 0.29) is 5.82 Å². The molecular formula is C12H9ClF3N3. The molecule has 0 saturated heterocycles. The van der Waals surface area contributed by atoms with Crippen LogP contribution in [0.5, 0.6) is 0 Å². The molecule has 1 N–H and O–H groups in total. The maximum atomic E-state index is 12.6. The average Bonchev–Trinajstić information content (AvgIpc) is 2.37. The Bertz CT molecular complexity index is 558. The Hall–Kier alpha value is -1.82. The molecule has 0 saturated carbocycles. The normalized spacial score (nSPS) is 11.4. The van der Waals surface area contributed by atoms with E-state index in [9.17, 15) is 13.2 Å². The van der Waals surface area contributed by atoms with Crippen molar-refractivity contribution in [1.82, 2.24) is 10.2 Å². The van der Waals surface area contributed by atoms with Gasteiger partial charge in [-0.1, -0.05) is 41.9 Å². The van der Waals surface area contributed by atoms with Crippen LogP contribution in [-0.2, 0) is 12.7 Å². The second kappa shape index (κ2) is 5.44. The maximum Gasteiger partial charge on any atom is 0.419 e. The van der Waals surface area contributed by atoms with E-state index in [1.54, 1.807) is 0 Å². The van der Waals surface area contributed by atoms with Gasteiger partial charge in [0, 0.05) is 6.54 Å². The van der Waals surface area contributed by atoms with Crippen LogP contribution in [0.25, 0.3) is 0 Å². The summed E-state index contributed by atoms with van der Waals surface area (Å²) in [6.45, 7) is 0.356. The van der Waals surface area contributed by atoms with Gasteiger partial charge >= 0.3 is 6.18 Å². The highest BCUT2D eigenvalue weighted by Crippen LogP contribution is 2.34. The Morgan fingerprint density at radius 3 is 2.42 bits per heavy atom. The number of halogens is 4. The van der Waals surface area contributed by atoms with E-state index in [1.807, 2.05) is 30.3 Å². The van der Waals surface area contributed by atoms with Gasteiger partial charge in [0.1, 0.15) is 5.82 Å². The van der Waals surface area contributed by atoms with Crippen molar-refractivity contribution in [2.75, 3.05) is 5.32 Å². The minimum absolute atomic E-state index is 0.0283. The number of benzene rings is 1. The molecule has 0 unspecified atom stereocenters. The fraction of sp³-hybridized carbons (Fsp3) is 0.167. The predicted octanol–water partition coefficient (Wildman–Crippen LogP) is 3.76. The fourth-order valence-electron chi connectivity index (χ4n) is 1.45. The van der Waals surface area contributed by atoms with Crippen molar-refractivity contribution in [2.24, 2.45) is 0 Å². The van der Waals surface area contributed by atoms with Crippen LogP contribution in [0.1, 0.15) is 11.1 Å². The zero-order valence-corrected chi connectivity index (χ0v) is 10.3. The van der Waals surface area contributed by atoms with Gasteiger partial charge in [-0.15, -0.1) is 10.2 Å². The van der Waals surface area contributed by atoms with Gasteiger partial charge in [0.25, 0.3) is 0 Å². The van der Waals surface area contributed by atoms with Crippen molar-refractivity contribution in [3.63, 3.8) is 0 Å². The van der Waals surface area contributed by atoms with E-state index in [4.69, 9.17) is 11.6 Å². The Labute approximate surface area is 112 Å². The summed E-state index contributed by atoms with van der Waals surface area (Å²) in [6, 6.07) is 10.1. The lowest BCUT2D eigenvalue weighted by Gasteiger charge is -2.10. The molecule has 19 heavy (non-hydrogen) atoms. The third-order valence-corrected chi connectivity index (χ3v) is 2.65. The minimum atomic E-state index is -4.55. The van der Waals surface area contributed by atoms with Gasteiger partial charge in [-0.25, -0.2) is 0 Å². The van der Waals surface area contributed by atoms with Crippen molar-refractivity contribution in [3.8, 4) is 0 Å². The molecule has 0 aliphatic heterocycles. The standard InChI is InChI=1S/C12H9ClF3N3/c13-11-9(12(14,15)16)6-10(18-19-11)17-7-8-4-2-1-3-5-8/h1-6H,7H2,(H,17,18). The second-order valence-electron chi connectivity index (χ2n) is 3.77. The number of rotatable bonds is 3. The lowest BCUT2D eigenvalue weighted by molar-refractivity contribution is -0.137. The largest absolute Gasteiger partial charge is 0.419 e. The molecule has 7 heteroatoms. The van der Waals surface area contributed by atoms with Gasteiger partial charge in [0.15, 0.2) is 5.15 Å². The van der Waals surface area contributed by atoms with E-state index in [1.165, 1.54) is 0 Å². The van der Waals surface area contributed by atoms with Crippen LogP contribution in [0.2, 0.25) is 5.15 Å². The van der Waals surface area contributed by atoms with Crippen molar-refractivity contribution in [3.05, 3.63) is 52.7 Å². The van der Waals surface area contributed by atoms with E-state index < -0.39 is 16.9 Å². The molecule has 3 nitrogen and oxygen atoms in total. The highest BCUT2D eigenvalue weighted by molar-refractivity contribution is 6.30. The summed E-state index contributed by atoms with van der Waals surface area (Å²) in [7, 11) is 0. The molecule has 0 aliphatic carbocycles. The van der Waals surface area contributed by atoms with E-state index in [0.29, 0.717) is 6.54 Å². The molecule has 1 aromatic heterocycles. The van der Waals surface area contributed by atoms with Crippen molar-refractivity contribution >= 4 is 17.4 Å². The summed E-state index contributed by atoms with van der Waals surface area (Å²) in [5.41, 5.74) is -0.0764. The third-order valence-electron chi connectivity index (χ3n) is 2.37. The third kappa shape index (κ3) is 3.57. The number of hydrogen-bond donors (Lipinski definition) is 1. The average molecular weight is 288 g/mol. The summed E-state index contributed by atoms with van der Waals surface area (Å²) < 4.78 is 37.8. The topological polar surface area (TPSA) is 37.8 Å². The first-order valence-electron chi connectivity index (χ1n) is 5.35. The van der Waals surface area contributed by atoms with Crippen LogP contribution < -0.4 is 5.32 Å². The molecule has 0 aliphatic rings. The van der Waals surface area contributed by atoms with E-state index >= 15 is 0 Å². The van der Waals surface area contributed by atoms with Crippen LogP contribution in [0.15, 0.2) is 36.4 Å². The van der Waals surface area contributed by atoms with Gasteiger partial charge in [-0.05, 0) is 11.6 Å². The molecule has 0 amide bonds. The monoisotopic (exact) mass is 287 g/mol. The van der Waals surface area contributed by atoms with Crippen LogP contribution in [0.4, 0.5) is 19.0 Å². The van der Waals surface area contributed by atoms with Gasteiger partial charge in [0.2, 0.25) is 0 Å². The number of nitrogens with one attached hydrogen (secondary N) is 1. The SMILES string of the molecule is FC(F)(F)c1cc(NCc2ccccc2)nnc1Cl. The smallest absolute Gasteiger partial charge is 0.364 e. The molecular weight excluding hydrogens is 279 g/mol. The van der Waals surface area contributed by atoms with Crippen LogP contribution in [0.3, 0.4) is 0 Å². The molecule has 0 bridgehead atoms. The zero-order chi connectivity index (χ0) is 13.9. The summed E-state index contributed by atoms with van der Waals surface area (Å²) in [4.78, 5) is 0. The summed E-state index contributed by atoms with van der Waals surface area (Å²) in [5, 5.41) is 8.98. The quantitative estimate of drug-likeness (QED) is 0.934. The van der Waals surface area contributed by atoms with Gasteiger partial charge in [-0.2, -0.15) is 13.2 Å². The van der Waals surface area contributed by atoms with Crippen LogP contribution >= 0.6 is 11.6 Å². The molecule has 2 aromatic rings. The predicted molar refractivity (Wildman–Crippen MR) is 65.8 cm³/mol. The van der Waals surface area contributed by atoms with Gasteiger partial charge in [0.05, 0.1) is 5.56 Å². The summed E-state index contributed by atoms with van der Waals surface area (Å²) in [5.74, 6) is 0.0283. The number of aromatic nitrogens is 2. The Morgan fingerprint density at radius 1 is 1.11 bits per heavy atom. The van der Waals surface area contributed by atoms with Crippen LogP contribution in [-0.4, -0.2) is 10.2 Å². The number of nitrogens with zero attached hydrogens (tertiary/aromatic N) is 2. The van der Waals surface area contributed by atoms with Crippen molar-refractivity contribution < 1.29 is 13.2 Å². The molecule has 0 spiro atoms. The van der Waals surface area contributed by atoms with Gasteiger partial charge < -0.3 is 5.32 Å². The maximum absolute atomic E-state index is 12.6. The molecule has 100 valence electrons. The van der Waals surface area contributed by atoms with Crippen molar-refractivity contribution in [2.45, 2.75) is 12.7 Å². The van der Waals surface area contributed by atoms with E-state index in [0.717, 1.165) is 11.6 Å².